The van der Waals surface area contributed by atoms with E-state index in [2.05, 4.69) is 4.74 Å². The van der Waals surface area contributed by atoms with Crippen LogP contribution >= 0.6 is 0 Å². The largest absolute Gasteiger partial charge is 0.481 e. The van der Waals surface area contributed by atoms with Crippen LogP contribution in [0.5, 0.6) is 0 Å². The van der Waals surface area contributed by atoms with E-state index in [-0.39, 0.29) is 18.4 Å². The normalized spacial score (nSPS) is 21.6. The lowest BCUT2D eigenvalue weighted by atomic mass is 10.1. The fraction of sp³-hybridized carbons (Fsp3) is 0.700. The minimum absolute atomic E-state index is 0.253. The molecule has 6 heteroatoms. The summed E-state index contributed by atoms with van der Waals surface area (Å²) in [6, 6.07) is 0. The Kier molecular flexibility index (Phi) is 3.87. The quantitative estimate of drug-likeness (QED) is 0.532. The highest BCUT2D eigenvalue weighted by atomic mass is 16.5. The summed E-state index contributed by atoms with van der Waals surface area (Å²) in [6.07, 6.45) is 0.532. The first-order valence-electron chi connectivity index (χ1n) is 5.06. The molecular weight excluding hydrogens is 214 g/mol. The van der Waals surface area contributed by atoms with Crippen molar-refractivity contribution in [1.29, 1.82) is 0 Å². The lowest BCUT2D eigenvalue weighted by Crippen LogP contribution is -2.37. The molecule has 16 heavy (non-hydrogen) atoms. The molecule has 0 radical (unpaired) electrons. The molecular formula is C10H15NO5. The first kappa shape index (κ1) is 12.5. The molecule has 2 atom stereocenters. The van der Waals surface area contributed by atoms with Crippen molar-refractivity contribution in [2.24, 2.45) is 11.8 Å². The van der Waals surface area contributed by atoms with E-state index in [1.807, 2.05) is 0 Å². The first-order chi connectivity index (χ1) is 7.47. The van der Waals surface area contributed by atoms with Crippen LogP contribution in [-0.4, -0.2) is 48.1 Å². The molecule has 0 bridgehead atoms. The monoisotopic (exact) mass is 229 g/mol. The van der Waals surface area contributed by atoms with Crippen LogP contribution in [0.15, 0.2) is 0 Å². The van der Waals surface area contributed by atoms with E-state index < -0.39 is 17.8 Å². The molecule has 0 aromatic heterocycles. The van der Waals surface area contributed by atoms with E-state index in [1.54, 1.807) is 0 Å². The molecule has 1 fully saturated rings. The number of methoxy groups -OCH3 is 1. The number of nitrogens with zero attached hydrogens (tertiary/aromatic N) is 1. The third kappa shape index (κ3) is 2.50. The highest BCUT2D eigenvalue weighted by Crippen LogP contribution is 2.19. The van der Waals surface area contributed by atoms with Crippen LogP contribution in [-0.2, 0) is 19.1 Å². The standard InChI is InChI=1S/C10H15NO5/c1-6(9(13)14)8(12)11-4-3-7(5-11)10(15)16-2/h6-7H,3-5H2,1-2H3,(H,13,14). The molecule has 1 N–H and O–H groups in total. The van der Waals surface area contributed by atoms with Gasteiger partial charge in [0.25, 0.3) is 0 Å². The molecule has 0 aromatic carbocycles. The average Bonchev–Trinajstić information content (AvgIpc) is 2.75. The molecule has 1 rings (SSSR count). The number of carbonyl (C=O) groups excluding carboxylic acids is 2. The van der Waals surface area contributed by atoms with Crippen LogP contribution < -0.4 is 0 Å². The molecule has 1 saturated heterocycles. The number of carboxylic acid groups (broad SMARTS) is 1. The van der Waals surface area contributed by atoms with Crippen molar-refractivity contribution in [3.63, 3.8) is 0 Å². The fourth-order valence-corrected chi connectivity index (χ4v) is 1.70. The van der Waals surface area contributed by atoms with Gasteiger partial charge in [-0.25, -0.2) is 0 Å². The Bertz CT molecular complexity index is 314. The summed E-state index contributed by atoms with van der Waals surface area (Å²) >= 11 is 0. The number of rotatable bonds is 3. The Morgan fingerprint density at radius 1 is 1.44 bits per heavy atom. The molecule has 0 aromatic rings. The van der Waals surface area contributed by atoms with Gasteiger partial charge in [-0.1, -0.05) is 0 Å². The number of amides is 1. The molecule has 90 valence electrons. The Morgan fingerprint density at radius 2 is 2.06 bits per heavy atom. The number of hydrogen-bond donors (Lipinski definition) is 1. The van der Waals surface area contributed by atoms with Crippen molar-refractivity contribution < 1.29 is 24.2 Å². The van der Waals surface area contributed by atoms with Crippen molar-refractivity contribution in [2.45, 2.75) is 13.3 Å². The molecule has 0 saturated carbocycles. The molecule has 0 aliphatic carbocycles. The zero-order chi connectivity index (χ0) is 12.3. The SMILES string of the molecule is COC(=O)C1CCN(C(=O)C(C)C(=O)O)C1. The predicted octanol–water partition coefficient (Wildman–Crippen LogP) is -0.271. The van der Waals surface area contributed by atoms with Crippen LogP contribution in [0.3, 0.4) is 0 Å². The second-order valence-corrected chi connectivity index (χ2v) is 3.85. The predicted molar refractivity (Wildman–Crippen MR) is 53.5 cm³/mol. The molecule has 1 aliphatic heterocycles. The summed E-state index contributed by atoms with van der Waals surface area (Å²) in [7, 11) is 1.30. The van der Waals surface area contributed by atoms with Crippen LogP contribution in [0, 0.1) is 11.8 Å². The summed E-state index contributed by atoms with van der Waals surface area (Å²) in [5.41, 5.74) is 0. The Hall–Kier alpha value is -1.59. The van der Waals surface area contributed by atoms with Gasteiger partial charge in [-0.15, -0.1) is 0 Å². The van der Waals surface area contributed by atoms with E-state index in [4.69, 9.17) is 5.11 Å². The van der Waals surface area contributed by atoms with E-state index in [0.29, 0.717) is 13.0 Å². The van der Waals surface area contributed by atoms with Crippen molar-refractivity contribution >= 4 is 17.8 Å². The minimum Gasteiger partial charge on any atom is -0.481 e. The second kappa shape index (κ2) is 4.96. The van der Waals surface area contributed by atoms with E-state index in [0.717, 1.165) is 0 Å². The molecule has 2 unspecified atom stereocenters. The van der Waals surface area contributed by atoms with Gasteiger partial charge in [0.15, 0.2) is 0 Å². The maximum absolute atomic E-state index is 11.6. The maximum atomic E-state index is 11.6. The second-order valence-electron chi connectivity index (χ2n) is 3.85. The summed E-state index contributed by atoms with van der Waals surface area (Å²) in [6.45, 7) is 2.01. The zero-order valence-corrected chi connectivity index (χ0v) is 9.30. The molecule has 1 aliphatic rings. The highest BCUT2D eigenvalue weighted by molar-refractivity contribution is 5.96. The maximum Gasteiger partial charge on any atom is 0.315 e. The zero-order valence-electron chi connectivity index (χ0n) is 9.30. The summed E-state index contributed by atoms with van der Waals surface area (Å²) < 4.78 is 4.58. The van der Waals surface area contributed by atoms with Gasteiger partial charge in [0.05, 0.1) is 13.0 Å². The van der Waals surface area contributed by atoms with Crippen LogP contribution in [0.2, 0.25) is 0 Å². The Morgan fingerprint density at radius 3 is 2.56 bits per heavy atom. The van der Waals surface area contributed by atoms with Gasteiger partial charge in [-0.05, 0) is 13.3 Å². The highest BCUT2D eigenvalue weighted by Gasteiger charge is 2.35. The van der Waals surface area contributed by atoms with Crippen LogP contribution in [0.1, 0.15) is 13.3 Å². The fourth-order valence-electron chi connectivity index (χ4n) is 1.70. The number of esters is 1. The van der Waals surface area contributed by atoms with Gasteiger partial charge in [0.2, 0.25) is 5.91 Å². The van der Waals surface area contributed by atoms with Crippen molar-refractivity contribution in [2.75, 3.05) is 20.2 Å². The minimum atomic E-state index is -1.15. The summed E-state index contributed by atoms with van der Waals surface area (Å²) in [5, 5.41) is 8.69. The topological polar surface area (TPSA) is 83.9 Å². The van der Waals surface area contributed by atoms with Crippen LogP contribution in [0.25, 0.3) is 0 Å². The Balaban J connectivity index is 2.56. The van der Waals surface area contributed by atoms with Gasteiger partial charge in [-0.3, -0.25) is 14.4 Å². The lowest BCUT2D eigenvalue weighted by Gasteiger charge is -2.18. The summed E-state index contributed by atoms with van der Waals surface area (Å²) in [4.78, 5) is 34.9. The smallest absolute Gasteiger partial charge is 0.315 e. The average molecular weight is 229 g/mol. The van der Waals surface area contributed by atoms with Gasteiger partial charge in [-0.2, -0.15) is 0 Å². The molecule has 1 amide bonds. The number of hydrogen-bond acceptors (Lipinski definition) is 4. The van der Waals surface area contributed by atoms with Crippen molar-refractivity contribution in [3.05, 3.63) is 0 Å². The summed E-state index contributed by atoms with van der Waals surface area (Å²) in [5.74, 6) is -3.32. The van der Waals surface area contributed by atoms with E-state index >= 15 is 0 Å². The van der Waals surface area contributed by atoms with Crippen LogP contribution in [0.4, 0.5) is 0 Å². The van der Waals surface area contributed by atoms with Gasteiger partial charge < -0.3 is 14.7 Å². The molecule has 6 nitrogen and oxygen atoms in total. The number of carbonyl (C=O) groups is 3. The van der Waals surface area contributed by atoms with Crippen molar-refractivity contribution in [1.82, 2.24) is 4.90 Å². The van der Waals surface area contributed by atoms with E-state index in [1.165, 1.54) is 18.9 Å². The molecule has 0 spiro atoms. The van der Waals surface area contributed by atoms with E-state index in [9.17, 15) is 14.4 Å². The number of ether oxygens (including phenoxy) is 1. The molecule has 1 heterocycles. The number of carboxylic acids is 1. The third-order valence-corrected chi connectivity index (χ3v) is 2.78. The van der Waals surface area contributed by atoms with Gasteiger partial charge >= 0.3 is 11.9 Å². The third-order valence-electron chi connectivity index (χ3n) is 2.78. The lowest BCUT2D eigenvalue weighted by molar-refractivity contribution is -0.149. The van der Waals surface area contributed by atoms with Gasteiger partial charge in [0, 0.05) is 13.1 Å². The Labute approximate surface area is 93.2 Å². The van der Waals surface area contributed by atoms with Gasteiger partial charge in [0.1, 0.15) is 5.92 Å². The van der Waals surface area contributed by atoms with Crippen molar-refractivity contribution in [3.8, 4) is 0 Å². The number of likely N-dealkylation sites (tertiary alicyclic amines) is 1. The number of aliphatic carboxylic acids is 1. The first-order valence-corrected chi connectivity index (χ1v) is 5.06.